The Morgan fingerprint density at radius 3 is 1.32 bits per heavy atom. The summed E-state index contributed by atoms with van der Waals surface area (Å²) in [5.74, 6) is -2.46. The van der Waals surface area contributed by atoms with Crippen LogP contribution in [-0.2, 0) is 19.1 Å². The molecule has 0 saturated heterocycles. The summed E-state index contributed by atoms with van der Waals surface area (Å²) in [6, 6.07) is 0. The van der Waals surface area contributed by atoms with Crippen LogP contribution in [0.25, 0.3) is 0 Å². The third-order valence-corrected chi connectivity index (χ3v) is 7.47. The van der Waals surface area contributed by atoms with E-state index in [4.69, 9.17) is 4.74 Å². The molecule has 0 aromatic heterocycles. The predicted molar refractivity (Wildman–Crippen MR) is 148 cm³/mol. The Kier molecular flexibility index (Phi) is 17.8. The normalized spacial score (nSPS) is 13.9. The van der Waals surface area contributed by atoms with E-state index in [-0.39, 0.29) is 19.4 Å². The van der Waals surface area contributed by atoms with Gasteiger partial charge in [0, 0.05) is 6.61 Å². The summed E-state index contributed by atoms with van der Waals surface area (Å²) < 4.78 is 5.97. The molecule has 0 aromatic rings. The van der Waals surface area contributed by atoms with Crippen molar-refractivity contribution in [1.82, 2.24) is 0 Å². The van der Waals surface area contributed by atoms with Crippen LogP contribution in [0.4, 0.5) is 0 Å². The van der Waals surface area contributed by atoms with Crippen molar-refractivity contribution < 1.29 is 34.4 Å². The highest BCUT2D eigenvalue weighted by Crippen LogP contribution is 2.47. The number of hydrogen-bond acceptors (Lipinski definition) is 4. The van der Waals surface area contributed by atoms with E-state index in [1.807, 2.05) is 0 Å². The molecule has 0 aromatic carbocycles. The maximum Gasteiger partial charge on any atom is 0.337 e. The van der Waals surface area contributed by atoms with Crippen LogP contribution in [-0.4, -0.2) is 45.4 Å². The predicted octanol–water partition coefficient (Wildman–Crippen LogP) is 7.80. The van der Waals surface area contributed by atoms with E-state index < -0.39 is 35.3 Å². The lowest BCUT2D eigenvalue weighted by Gasteiger charge is -2.44. The van der Waals surface area contributed by atoms with Gasteiger partial charge < -0.3 is 20.1 Å². The first-order valence-electron chi connectivity index (χ1n) is 14.6. The summed E-state index contributed by atoms with van der Waals surface area (Å²) in [5, 5.41) is 30.8. The first-order chi connectivity index (χ1) is 17.3. The van der Waals surface area contributed by atoms with Crippen molar-refractivity contribution in [2.75, 3.05) is 6.61 Å². The average molecular weight is 529 g/mol. The highest BCUT2D eigenvalue weighted by molar-refractivity contribution is 5.92. The third-order valence-electron chi connectivity index (χ3n) is 7.47. The van der Waals surface area contributed by atoms with Gasteiger partial charge >= 0.3 is 17.9 Å². The summed E-state index contributed by atoms with van der Waals surface area (Å²) in [6.07, 6.45) is 9.23. The van der Waals surface area contributed by atoms with Gasteiger partial charge in [-0.05, 0) is 37.0 Å². The minimum absolute atomic E-state index is 0.0351. The molecule has 218 valence electrons. The maximum absolute atomic E-state index is 13.0. The number of aliphatic carboxylic acids is 3. The van der Waals surface area contributed by atoms with E-state index in [0.29, 0.717) is 37.0 Å². The molecule has 0 radical (unpaired) electrons. The SMILES string of the molecule is CC(C)CCCCCOC(CC(=O)O)(C(=O)O)C(CCCCCC(C)C)(CCCCCC(C)C)C(=O)O. The topological polar surface area (TPSA) is 121 Å². The van der Waals surface area contributed by atoms with Gasteiger partial charge in [0.1, 0.15) is 5.41 Å². The molecular weight excluding hydrogens is 472 g/mol. The Hall–Kier alpha value is -1.63. The lowest BCUT2D eigenvalue weighted by Crippen LogP contribution is -2.61. The Morgan fingerprint density at radius 1 is 0.595 bits per heavy atom. The molecule has 0 heterocycles. The molecule has 3 N–H and O–H groups in total. The minimum Gasteiger partial charge on any atom is -0.481 e. The molecule has 7 heteroatoms. The van der Waals surface area contributed by atoms with Crippen molar-refractivity contribution in [3.63, 3.8) is 0 Å². The molecule has 0 amide bonds. The zero-order chi connectivity index (χ0) is 28.5. The molecule has 0 aliphatic rings. The number of carboxylic acids is 3. The van der Waals surface area contributed by atoms with Gasteiger partial charge in [-0.15, -0.1) is 0 Å². The van der Waals surface area contributed by atoms with E-state index in [1.54, 1.807) is 0 Å². The molecule has 0 rings (SSSR count). The van der Waals surface area contributed by atoms with Crippen molar-refractivity contribution >= 4 is 17.9 Å². The van der Waals surface area contributed by atoms with E-state index in [9.17, 15) is 29.7 Å². The summed E-state index contributed by atoms with van der Waals surface area (Å²) in [5.41, 5.74) is -4.11. The highest BCUT2D eigenvalue weighted by Gasteiger charge is 2.63. The number of unbranched alkanes of at least 4 members (excludes halogenated alkanes) is 6. The van der Waals surface area contributed by atoms with Crippen molar-refractivity contribution in [3.05, 3.63) is 0 Å². The van der Waals surface area contributed by atoms with Gasteiger partial charge in [-0.25, -0.2) is 4.79 Å². The zero-order valence-corrected chi connectivity index (χ0v) is 24.5. The molecular formula is C30H56O7. The Bertz CT molecular complexity index is 638. The van der Waals surface area contributed by atoms with Gasteiger partial charge in [0.05, 0.1) is 6.42 Å². The summed E-state index contributed by atoms with van der Waals surface area (Å²) in [6.45, 7) is 12.9. The van der Waals surface area contributed by atoms with Crippen LogP contribution in [0.5, 0.6) is 0 Å². The second-order valence-electron chi connectivity index (χ2n) is 12.2. The van der Waals surface area contributed by atoms with Crippen molar-refractivity contribution in [1.29, 1.82) is 0 Å². The fraction of sp³-hybridized carbons (Fsp3) is 0.900. The number of carbonyl (C=O) groups is 3. The fourth-order valence-corrected chi connectivity index (χ4v) is 5.22. The van der Waals surface area contributed by atoms with Crippen molar-refractivity contribution in [2.45, 2.75) is 143 Å². The highest BCUT2D eigenvalue weighted by atomic mass is 16.5. The average Bonchev–Trinajstić information content (AvgIpc) is 2.77. The molecule has 0 fully saturated rings. The van der Waals surface area contributed by atoms with Crippen LogP contribution < -0.4 is 0 Å². The number of ether oxygens (including phenoxy) is 1. The van der Waals surface area contributed by atoms with E-state index in [1.165, 1.54) is 0 Å². The molecule has 1 unspecified atom stereocenters. The summed E-state index contributed by atoms with van der Waals surface area (Å²) >= 11 is 0. The molecule has 0 aliphatic carbocycles. The first-order valence-corrected chi connectivity index (χ1v) is 14.6. The molecule has 7 nitrogen and oxygen atoms in total. The number of carboxylic acid groups (broad SMARTS) is 3. The molecule has 37 heavy (non-hydrogen) atoms. The minimum atomic E-state index is -2.31. The third kappa shape index (κ3) is 13.1. The summed E-state index contributed by atoms with van der Waals surface area (Å²) in [4.78, 5) is 37.8. The molecule has 0 saturated carbocycles. The Morgan fingerprint density at radius 2 is 1.00 bits per heavy atom. The second-order valence-corrected chi connectivity index (χ2v) is 12.2. The largest absolute Gasteiger partial charge is 0.481 e. The Labute approximate surface area is 225 Å². The number of rotatable bonds is 24. The van der Waals surface area contributed by atoms with Gasteiger partial charge in [-0.3, -0.25) is 9.59 Å². The number of hydrogen-bond donors (Lipinski definition) is 3. The quantitative estimate of drug-likeness (QED) is 0.109. The van der Waals surface area contributed by atoms with Crippen molar-refractivity contribution in [2.24, 2.45) is 23.2 Å². The second kappa shape index (κ2) is 18.6. The van der Waals surface area contributed by atoms with Gasteiger partial charge in [-0.1, -0.05) is 112 Å². The van der Waals surface area contributed by atoms with Crippen LogP contribution in [0.2, 0.25) is 0 Å². The molecule has 0 spiro atoms. The van der Waals surface area contributed by atoms with Gasteiger partial charge in [0.15, 0.2) is 5.60 Å². The summed E-state index contributed by atoms with van der Waals surface area (Å²) in [7, 11) is 0. The van der Waals surface area contributed by atoms with Crippen LogP contribution in [0.1, 0.15) is 138 Å². The Balaban J connectivity index is 5.99. The van der Waals surface area contributed by atoms with Gasteiger partial charge in [0.25, 0.3) is 0 Å². The fourth-order valence-electron chi connectivity index (χ4n) is 5.22. The maximum atomic E-state index is 13.0. The lowest BCUT2D eigenvalue weighted by atomic mass is 9.63. The smallest absolute Gasteiger partial charge is 0.337 e. The van der Waals surface area contributed by atoms with E-state index in [2.05, 4.69) is 41.5 Å². The van der Waals surface area contributed by atoms with Crippen LogP contribution in [0.3, 0.4) is 0 Å². The standard InChI is InChI=1S/C30H56O7/c1-23(2)16-10-7-13-19-29(27(33)34,20-14-8-11-17-24(3)4)30(28(35)36,22-26(31)32)37-21-15-9-12-18-25(5)6/h23-25H,7-22H2,1-6H3,(H,31,32)(H,33,34)(H,35,36). The molecule has 0 aliphatic heterocycles. The lowest BCUT2D eigenvalue weighted by molar-refractivity contribution is -0.208. The molecule has 0 bridgehead atoms. The van der Waals surface area contributed by atoms with Gasteiger partial charge in [-0.2, -0.15) is 0 Å². The van der Waals surface area contributed by atoms with E-state index in [0.717, 1.165) is 57.8 Å². The monoisotopic (exact) mass is 528 g/mol. The van der Waals surface area contributed by atoms with Crippen LogP contribution in [0, 0.1) is 23.2 Å². The van der Waals surface area contributed by atoms with Crippen molar-refractivity contribution in [3.8, 4) is 0 Å². The van der Waals surface area contributed by atoms with Crippen LogP contribution in [0.15, 0.2) is 0 Å². The molecule has 1 atom stereocenters. The van der Waals surface area contributed by atoms with Gasteiger partial charge in [0.2, 0.25) is 0 Å². The first kappa shape index (κ1) is 35.4. The van der Waals surface area contributed by atoms with E-state index >= 15 is 0 Å². The van der Waals surface area contributed by atoms with Crippen LogP contribution >= 0.6 is 0 Å². The zero-order valence-electron chi connectivity index (χ0n) is 24.5.